The Bertz CT molecular complexity index is 909. The Hall–Kier alpha value is -2.94. The van der Waals surface area contributed by atoms with Crippen molar-refractivity contribution in [1.29, 1.82) is 5.26 Å². The molecule has 1 aromatic carbocycles. The predicted octanol–water partition coefficient (Wildman–Crippen LogP) is 4.29. The van der Waals surface area contributed by atoms with Crippen LogP contribution in [0.2, 0.25) is 0 Å². The standard InChI is InChI=1S/C24H31N3O3/c1-6-8-17(2)26-23(5,22(3,4)11-7-14-25)27-21(28)24(12-13-24)18-9-10-19-20(15-18)30-16-29-19/h6,8-10,15,26H,1,7,11-13,16H2,2-5H3,(H,27,28)/b17-8+. The van der Waals surface area contributed by atoms with Crippen LogP contribution in [0, 0.1) is 16.7 Å². The Kier molecular flexibility index (Phi) is 5.85. The van der Waals surface area contributed by atoms with E-state index in [2.05, 4.69) is 37.1 Å². The first-order valence-electron chi connectivity index (χ1n) is 10.3. The zero-order valence-corrected chi connectivity index (χ0v) is 18.3. The van der Waals surface area contributed by atoms with Gasteiger partial charge in [0.2, 0.25) is 12.7 Å². The van der Waals surface area contributed by atoms with E-state index in [1.807, 2.05) is 38.1 Å². The van der Waals surface area contributed by atoms with Crippen LogP contribution in [0.5, 0.6) is 11.5 Å². The molecule has 0 saturated heterocycles. The minimum absolute atomic E-state index is 0.0206. The molecule has 1 amide bonds. The van der Waals surface area contributed by atoms with Crippen molar-refractivity contribution < 1.29 is 14.3 Å². The topological polar surface area (TPSA) is 83.4 Å². The summed E-state index contributed by atoms with van der Waals surface area (Å²) in [5.74, 6) is 1.38. The largest absolute Gasteiger partial charge is 0.454 e. The molecule has 160 valence electrons. The molecule has 0 bridgehead atoms. The molecule has 0 radical (unpaired) electrons. The van der Waals surface area contributed by atoms with Gasteiger partial charge in [-0.2, -0.15) is 5.26 Å². The molecular weight excluding hydrogens is 378 g/mol. The van der Waals surface area contributed by atoms with Crippen LogP contribution in [-0.4, -0.2) is 18.4 Å². The maximum Gasteiger partial charge on any atom is 0.232 e. The number of hydrogen-bond acceptors (Lipinski definition) is 5. The molecule has 1 fully saturated rings. The van der Waals surface area contributed by atoms with Gasteiger partial charge in [0, 0.05) is 17.5 Å². The van der Waals surface area contributed by atoms with Crippen molar-refractivity contribution in [2.24, 2.45) is 5.41 Å². The fourth-order valence-electron chi connectivity index (χ4n) is 3.91. The van der Waals surface area contributed by atoms with E-state index in [4.69, 9.17) is 14.7 Å². The highest BCUT2D eigenvalue weighted by Gasteiger charge is 2.54. The average molecular weight is 410 g/mol. The van der Waals surface area contributed by atoms with E-state index in [9.17, 15) is 4.79 Å². The van der Waals surface area contributed by atoms with Crippen molar-refractivity contribution in [1.82, 2.24) is 10.6 Å². The number of hydrogen-bond donors (Lipinski definition) is 2. The lowest BCUT2D eigenvalue weighted by molar-refractivity contribution is -0.127. The molecule has 1 unspecified atom stereocenters. The van der Waals surface area contributed by atoms with Gasteiger partial charge in [-0.25, -0.2) is 0 Å². The Morgan fingerprint density at radius 2 is 1.97 bits per heavy atom. The Morgan fingerprint density at radius 3 is 2.60 bits per heavy atom. The summed E-state index contributed by atoms with van der Waals surface area (Å²) < 4.78 is 10.9. The summed E-state index contributed by atoms with van der Waals surface area (Å²) in [4.78, 5) is 13.6. The van der Waals surface area contributed by atoms with E-state index in [0.717, 1.165) is 24.1 Å². The second kappa shape index (κ2) is 8.06. The van der Waals surface area contributed by atoms with Crippen LogP contribution in [0.4, 0.5) is 0 Å². The molecule has 6 nitrogen and oxygen atoms in total. The number of allylic oxidation sites excluding steroid dienone is 3. The number of amides is 1. The molecule has 3 rings (SSSR count). The van der Waals surface area contributed by atoms with Crippen LogP contribution in [0.25, 0.3) is 0 Å². The van der Waals surface area contributed by atoms with Gasteiger partial charge < -0.3 is 20.1 Å². The first-order chi connectivity index (χ1) is 14.2. The van der Waals surface area contributed by atoms with Crippen molar-refractivity contribution >= 4 is 5.91 Å². The molecule has 1 aliphatic heterocycles. The number of nitriles is 1. The lowest BCUT2D eigenvalue weighted by atomic mass is 9.75. The molecule has 2 N–H and O–H groups in total. The average Bonchev–Trinajstić information content (AvgIpc) is 3.37. The monoisotopic (exact) mass is 409 g/mol. The second-order valence-electron chi connectivity index (χ2n) is 8.98. The van der Waals surface area contributed by atoms with Gasteiger partial charge in [0.15, 0.2) is 11.5 Å². The van der Waals surface area contributed by atoms with E-state index < -0.39 is 11.1 Å². The molecule has 2 aliphatic rings. The molecule has 30 heavy (non-hydrogen) atoms. The predicted molar refractivity (Wildman–Crippen MR) is 116 cm³/mol. The highest BCUT2D eigenvalue weighted by atomic mass is 16.7. The molecule has 6 heteroatoms. The SMILES string of the molecule is C=C/C=C(\C)NC(C)(NC(=O)C1(c2ccc3c(c2)OCO3)CC1)C(C)(C)CCC#N. The minimum atomic E-state index is -0.754. The molecule has 1 aromatic rings. The number of nitrogens with one attached hydrogen (secondary N) is 2. The number of fused-ring (bicyclic) bond motifs is 1. The van der Waals surface area contributed by atoms with Crippen LogP contribution < -0.4 is 20.1 Å². The zero-order chi connectivity index (χ0) is 22.0. The summed E-state index contributed by atoms with van der Waals surface area (Å²) in [5.41, 5.74) is 0.145. The quantitative estimate of drug-likeness (QED) is 0.470. The molecule has 1 atom stereocenters. The van der Waals surface area contributed by atoms with Gasteiger partial charge in [-0.3, -0.25) is 4.79 Å². The summed E-state index contributed by atoms with van der Waals surface area (Å²) in [6.45, 7) is 12.0. The van der Waals surface area contributed by atoms with Crippen molar-refractivity contribution in [3.8, 4) is 17.6 Å². The highest BCUT2D eigenvalue weighted by molar-refractivity contribution is 5.92. The minimum Gasteiger partial charge on any atom is -0.454 e. The number of rotatable bonds is 9. The van der Waals surface area contributed by atoms with E-state index in [1.54, 1.807) is 6.08 Å². The van der Waals surface area contributed by atoms with Crippen LogP contribution in [0.1, 0.15) is 58.9 Å². The first kappa shape index (κ1) is 21.8. The molecule has 0 spiro atoms. The normalized spacial score (nSPS) is 18.7. The van der Waals surface area contributed by atoms with Gasteiger partial charge >= 0.3 is 0 Å². The van der Waals surface area contributed by atoms with E-state index in [0.29, 0.717) is 24.3 Å². The number of benzene rings is 1. The summed E-state index contributed by atoms with van der Waals surface area (Å²) in [7, 11) is 0. The van der Waals surface area contributed by atoms with Gasteiger partial charge in [0.1, 0.15) is 5.66 Å². The Balaban J connectivity index is 1.88. The van der Waals surface area contributed by atoms with Crippen LogP contribution in [0.3, 0.4) is 0 Å². The lowest BCUT2D eigenvalue weighted by Crippen LogP contribution is -2.65. The van der Waals surface area contributed by atoms with Gasteiger partial charge in [-0.15, -0.1) is 0 Å². The van der Waals surface area contributed by atoms with E-state index >= 15 is 0 Å². The number of carbonyl (C=O) groups is 1. The third-order valence-electron chi connectivity index (χ3n) is 6.50. The zero-order valence-electron chi connectivity index (χ0n) is 18.3. The van der Waals surface area contributed by atoms with Crippen molar-refractivity contribution in [3.63, 3.8) is 0 Å². The Labute approximate surface area is 178 Å². The molecule has 1 heterocycles. The maximum absolute atomic E-state index is 13.6. The molecular formula is C24H31N3O3. The smallest absolute Gasteiger partial charge is 0.232 e. The number of nitrogens with zero attached hydrogens (tertiary/aromatic N) is 1. The van der Waals surface area contributed by atoms with Crippen molar-refractivity contribution in [3.05, 3.63) is 48.2 Å². The molecule has 1 saturated carbocycles. The third-order valence-corrected chi connectivity index (χ3v) is 6.50. The van der Waals surface area contributed by atoms with Crippen LogP contribution in [-0.2, 0) is 10.2 Å². The number of ether oxygens (including phenoxy) is 2. The van der Waals surface area contributed by atoms with Crippen LogP contribution >= 0.6 is 0 Å². The fourth-order valence-corrected chi connectivity index (χ4v) is 3.91. The summed E-state index contributed by atoms with van der Waals surface area (Å²) in [6, 6.07) is 7.97. The van der Waals surface area contributed by atoms with Gasteiger partial charge in [0.05, 0.1) is 11.5 Å². The van der Waals surface area contributed by atoms with Gasteiger partial charge in [-0.05, 0) is 56.9 Å². The van der Waals surface area contributed by atoms with E-state index in [-0.39, 0.29) is 18.1 Å². The van der Waals surface area contributed by atoms with Gasteiger partial charge in [-0.1, -0.05) is 32.6 Å². The van der Waals surface area contributed by atoms with Crippen LogP contribution in [0.15, 0.2) is 42.6 Å². The summed E-state index contributed by atoms with van der Waals surface area (Å²) >= 11 is 0. The summed E-state index contributed by atoms with van der Waals surface area (Å²) in [6.07, 6.45) is 6.21. The van der Waals surface area contributed by atoms with Gasteiger partial charge in [0.25, 0.3) is 0 Å². The molecule has 0 aromatic heterocycles. The van der Waals surface area contributed by atoms with Crippen molar-refractivity contribution in [2.75, 3.05) is 6.79 Å². The van der Waals surface area contributed by atoms with Crippen molar-refractivity contribution in [2.45, 2.75) is 64.5 Å². The second-order valence-corrected chi connectivity index (χ2v) is 8.98. The number of carbonyl (C=O) groups excluding carboxylic acids is 1. The molecule has 1 aliphatic carbocycles. The lowest BCUT2D eigenvalue weighted by Gasteiger charge is -2.46. The first-order valence-corrected chi connectivity index (χ1v) is 10.3. The third kappa shape index (κ3) is 4.02. The maximum atomic E-state index is 13.6. The Morgan fingerprint density at radius 1 is 1.27 bits per heavy atom. The van der Waals surface area contributed by atoms with E-state index in [1.165, 1.54) is 0 Å². The summed E-state index contributed by atoms with van der Waals surface area (Å²) in [5, 5.41) is 15.9. The highest BCUT2D eigenvalue weighted by Crippen LogP contribution is 2.51. The fraction of sp³-hybridized carbons (Fsp3) is 0.500.